The maximum atomic E-state index is 12.9. The molecule has 0 aromatic carbocycles. The molecule has 5 heteroatoms. The molecule has 4 rings (SSSR count). The van der Waals surface area contributed by atoms with Crippen LogP contribution in [0, 0.1) is 6.92 Å². The third-order valence-electron chi connectivity index (χ3n) is 5.45. The van der Waals surface area contributed by atoms with Crippen molar-refractivity contribution in [2.75, 3.05) is 0 Å². The minimum absolute atomic E-state index is 0.0582. The molecule has 1 N–H and O–H groups in total. The van der Waals surface area contributed by atoms with Crippen molar-refractivity contribution in [1.82, 2.24) is 19.9 Å². The van der Waals surface area contributed by atoms with E-state index in [4.69, 9.17) is 0 Å². The van der Waals surface area contributed by atoms with Crippen LogP contribution in [0.1, 0.15) is 59.4 Å². The first-order chi connectivity index (χ1) is 13.1. The van der Waals surface area contributed by atoms with Crippen molar-refractivity contribution in [3.63, 3.8) is 0 Å². The van der Waals surface area contributed by atoms with Crippen LogP contribution in [-0.4, -0.2) is 26.5 Å². The van der Waals surface area contributed by atoms with E-state index in [-0.39, 0.29) is 11.9 Å². The van der Waals surface area contributed by atoms with Crippen molar-refractivity contribution in [2.24, 2.45) is 7.05 Å². The maximum Gasteiger partial charge on any atom is 0.270 e. The van der Waals surface area contributed by atoms with Crippen LogP contribution in [-0.2, 0) is 13.5 Å². The van der Waals surface area contributed by atoms with Gasteiger partial charge in [0.15, 0.2) is 0 Å². The summed E-state index contributed by atoms with van der Waals surface area (Å²) >= 11 is 0. The van der Waals surface area contributed by atoms with E-state index in [9.17, 15) is 4.79 Å². The average Bonchev–Trinajstić information content (AvgIpc) is 3.04. The van der Waals surface area contributed by atoms with Crippen LogP contribution in [0.2, 0.25) is 0 Å². The smallest absolute Gasteiger partial charge is 0.270 e. The third kappa shape index (κ3) is 3.87. The molecule has 5 nitrogen and oxygen atoms in total. The first-order valence-electron chi connectivity index (χ1n) is 9.77. The minimum atomic E-state index is -0.0582. The molecule has 0 unspecified atom stereocenters. The molecule has 0 spiro atoms. The third-order valence-corrected chi connectivity index (χ3v) is 5.45. The maximum absolute atomic E-state index is 12.9. The molecule has 0 saturated heterocycles. The quantitative estimate of drug-likeness (QED) is 0.765. The van der Waals surface area contributed by atoms with Crippen LogP contribution in [0.25, 0.3) is 11.0 Å². The number of nitrogens with zero attached hydrogens (tertiary/aromatic N) is 3. The van der Waals surface area contributed by atoms with Gasteiger partial charge < -0.3 is 9.88 Å². The second-order valence-electron chi connectivity index (χ2n) is 7.62. The van der Waals surface area contributed by atoms with Gasteiger partial charge in [0, 0.05) is 36.6 Å². The van der Waals surface area contributed by atoms with E-state index in [2.05, 4.69) is 27.4 Å². The number of rotatable bonds is 4. The second kappa shape index (κ2) is 7.51. The van der Waals surface area contributed by atoms with Crippen molar-refractivity contribution < 1.29 is 4.79 Å². The highest BCUT2D eigenvalue weighted by atomic mass is 16.1. The van der Waals surface area contributed by atoms with E-state index in [0.29, 0.717) is 5.69 Å². The predicted molar refractivity (Wildman–Crippen MR) is 107 cm³/mol. The Morgan fingerprint density at radius 3 is 2.81 bits per heavy atom. The molecule has 0 atom stereocenters. The SMILES string of the molecule is Cc1cc(Cc2cc(C(=O)NC3CCCCC3)nc3c2ccn3C)ccn1. The molecular weight excluding hydrogens is 336 g/mol. The number of amides is 1. The van der Waals surface area contributed by atoms with Gasteiger partial charge in [-0.15, -0.1) is 0 Å². The molecule has 0 radical (unpaired) electrons. The van der Waals surface area contributed by atoms with Crippen molar-refractivity contribution in [3.05, 3.63) is 59.2 Å². The van der Waals surface area contributed by atoms with Crippen molar-refractivity contribution >= 4 is 16.9 Å². The number of pyridine rings is 2. The van der Waals surface area contributed by atoms with E-state index in [1.54, 1.807) is 0 Å². The summed E-state index contributed by atoms with van der Waals surface area (Å²) in [5, 5.41) is 4.29. The second-order valence-corrected chi connectivity index (χ2v) is 7.62. The lowest BCUT2D eigenvalue weighted by Gasteiger charge is -2.22. The van der Waals surface area contributed by atoms with Crippen molar-refractivity contribution in [3.8, 4) is 0 Å². The van der Waals surface area contributed by atoms with Gasteiger partial charge in [0.1, 0.15) is 11.3 Å². The summed E-state index contributed by atoms with van der Waals surface area (Å²) in [4.78, 5) is 21.8. The largest absolute Gasteiger partial charge is 0.348 e. The Bertz CT molecular complexity index is 970. The van der Waals surface area contributed by atoms with Gasteiger partial charge in [-0.1, -0.05) is 19.3 Å². The molecule has 3 heterocycles. The van der Waals surface area contributed by atoms with Gasteiger partial charge in [-0.25, -0.2) is 4.98 Å². The number of hydrogen-bond donors (Lipinski definition) is 1. The molecule has 140 valence electrons. The fourth-order valence-electron chi connectivity index (χ4n) is 4.00. The summed E-state index contributed by atoms with van der Waals surface area (Å²) in [5.41, 5.74) is 4.68. The van der Waals surface area contributed by atoms with E-state index in [1.165, 1.54) is 24.8 Å². The molecule has 1 saturated carbocycles. The zero-order valence-corrected chi connectivity index (χ0v) is 16.0. The average molecular weight is 362 g/mol. The Labute approximate surface area is 159 Å². The number of carbonyl (C=O) groups is 1. The highest BCUT2D eigenvalue weighted by molar-refractivity contribution is 5.95. The molecular formula is C22H26N4O. The molecule has 1 aliphatic rings. The van der Waals surface area contributed by atoms with Crippen LogP contribution in [0.15, 0.2) is 36.7 Å². The minimum Gasteiger partial charge on any atom is -0.348 e. The van der Waals surface area contributed by atoms with Gasteiger partial charge in [0.05, 0.1) is 0 Å². The standard InChI is InChI=1S/C22H26N4O/c1-15-12-16(8-10-23-15)13-17-14-20(25-21-19(17)9-11-26(21)2)22(27)24-18-6-4-3-5-7-18/h8-12,14,18H,3-7,13H2,1-2H3,(H,24,27). The van der Waals surface area contributed by atoms with Crippen LogP contribution in [0.3, 0.4) is 0 Å². The Morgan fingerprint density at radius 2 is 2.04 bits per heavy atom. The molecule has 1 fully saturated rings. The Hall–Kier alpha value is -2.69. The lowest BCUT2D eigenvalue weighted by molar-refractivity contribution is 0.0923. The van der Waals surface area contributed by atoms with Crippen molar-refractivity contribution in [2.45, 2.75) is 51.5 Å². The summed E-state index contributed by atoms with van der Waals surface area (Å²) < 4.78 is 1.98. The van der Waals surface area contributed by atoms with Gasteiger partial charge in [-0.05, 0) is 61.6 Å². The molecule has 0 bridgehead atoms. The number of hydrogen-bond acceptors (Lipinski definition) is 3. The Morgan fingerprint density at radius 1 is 1.22 bits per heavy atom. The number of aromatic nitrogens is 3. The lowest BCUT2D eigenvalue weighted by atomic mass is 9.95. The first kappa shape index (κ1) is 17.7. The highest BCUT2D eigenvalue weighted by Crippen LogP contribution is 2.23. The zero-order valence-electron chi connectivity index (χ0n) is 16.0. The van der Waals surface area contributed by atoms with E-state index in [1.807, 2.05) is 43.1 Å². The predicted octanol–water partition coefficient (Wildman–Crippen LogP) is 3.93. The Balaban J connectivity index is 1.67. The summed E-state index contributed by atoms with van der Waals surface area (Å²) in [6.45, 7) is 2.00. The van der Waals surface area contributed by atoms with Crippen LogP contribution in [0.5, 0.6) is 0 Å². The van der Waals surface area contributed by atoms with Crippen molar-refractivity contribution in [1.29, 1.82) is 0 Å². The van der Waals surface area contributed by atoms with E-state index >= 15 is 0 Å². The fraction of sp³-hybridized carbons (Fsp3) is 0.409. The Kier molecular flexibility index (Phi) is 4.92. The molecule has 1 amide bonds. The topological polar surface area (TPSA) is 59.8 Å². The highest BCUT2D eigenvalue weighted by Gasteiger charge is 2.19. The van der Waals surface area contributed by atoms with Gasteiger partial charge >= 0.3 is 0 Å². The van der Waals surface area contributed by atoms with Gasteiger partial charge in [0.2, 0.25) is 0 Å². The van der Waals surface area contributed by atoms with Gasteiger partial charge in [-0.2, -0.15) is 0 Å². The zero-order chi connectivity index (χ0) is 18.8. The molecule has 1 aliphatic carbocycles. The van der Waals surface area contributed by atoms with Crippen LogP contribution in [0.4, 0.5) is 0 Å². The summed E-state index contributed by atoms with van der Waals surface area (Å²) in [5.74, 6) is -0.0582. The fourth-order valence-corrected chi connectivity index (χ4v) is 4.00. The van der Waals surface area contributed by atoms with Crippen LogP contribution < -0.4 is 5.32 Å². The number of fused-ring (bicyclic) bond motifs is 1. The molecule has 3 aromatic heterocycles. The summed E-state index contributed by atoms with van der Waals surface area (Å²) in [7, 11) is 1.97. The number of nitrogens with one attached hydrogen (secondary N) is 1. The number of aryl methyl sites for hydroxylation is 2. The van der Waals surface area contributed by atoms with Gasteiger partial charge in [-0.3, -0.25) is 9.78 Å². The lowest BCUT2D eigenvalue weighted by Crippen LogP contribution is -2.36. The van der Waals surface area contributed by atoms with Gasteiger partial charge in [0.25, 0.3) is 5.91 Å². The molecule has 3 aromatic rings. The van der Waals surface area contributed by atoms with Crippen LogP contribution >= 0.6 is 0 Å². The van der Waals surface area contributed by atoms with E-state index in [0.717, 1.165) is 41.6 Å². The monoisotopic (exact) mass is 362 g/mol. The number of carbonyl (C=O) groups excluding carboxylic acids is 1. The summed E-state index contributed by atoms with van der Waals surface area (Å²) in [6.07, 6.45) is 10.4. The normalized spacial score (nSPS) is 15.2. The van der Waals surface area contributed by atoms with E-state index < -0.39 is 0 Å². The molecule has 27 heavy (non-hydrogen) atoms. The summed E-state index contributed by atoms with van der Waals surface area (Å²) in [6, 6.07) is 8.44. The first-order valence-corrected chi connectivity index (χ1v) is 9.77. The molecule has 0 aliphatic heterocycles.